The molecule has 0 amide bonds. The zero-order valence-corrected chi connectivity index (χ0v) is 9.38. The lowest BCUT2D eigenvalue weighted by Gasteiger charge is -2.12. The van der Waals surface area contributed by atoms with Crippen LogP contribution in [0.15, 0.2) is 17.4 Å². The summed E-state index contributed by atoms with van der Waals surface area (Å²) in [5, 5.41) is 0. The number of quaternary nitrogens is 1. The zero-order valence-electron chi connectivity index (χ0n) is 9.38. The Bertz CT molecular complexity index is 261. The van der Waals surface area contributed by atoms with Crippen molar-refractivity contribution in [1.29, 1.82) is 0 Å². The number of nitrogens with zero attached hydrogens (tertiary/aromatic N) is 1. The van der Waals surface area contributed by atoms with Gasteiger partial charge in [0.1, 0.15) is 12.3 Å². The number of rotatable bonds is 3. The third-order valence-electron chi connectivity index (χ3n) is 1.74. The Kier molecular flexibility index (Phi) is 6.28. The molecule has 0 aliphatic carbocycles. The first kappa shape index (κ1) is 15.1. The minimum absolute atomic E-state index is 0.134. The lowest BCUT2D eigenvalue weighted by Crippen LogP contribution is -3.07. The van der Waals surface area contributed by atoms with Gasteiger partial charge in [0.25, 0.3) is 0 Å². The molecule has 16 heavy (non-hydrogen) atoms. The molecule has 2 unspecified atom stereocenters. The van der Waals surface area contributed by atoms with Gasteiger partial charge in [0.05, 0.1) is 13.2 Å². The van der Waals surface area contributed by atoms with Crippen LogP contribution in [0.3, 0.4) is 0 Å². The summed E-state index contributed by atoms with van der Waals surface area (Å²) < 4.78 is 44.4. The van der Waals surface area contributed by atoms with E-state index in [4.69, 9.17) is 4.74 Å². The van der Waals surface area contributed by atoms with Crippen LogP contribution in [0.2, 0.25) is 0 Å². The van der Waals surface area contributed by atoms with Crippen molar-refractivity contribution in [2.75, 3.05) is 13.7 Å². The van der Waals surface area contributed by atoms with Gasteiger partial charge in [-0.2, -0.15) is 0 Å². The smallest absolute Gasteiger partial charge is 0.418 e. The third kappa shape index (κ3) is 7.41. The number of halogens is 4. The van der Waals surface area contributed by atoms with E-state index >= 15 is 0 Å². The molecule has 1 N–H and O–H groups in total. The van der Waals surface area contributed by atoms with Crippen molar-refractivity contribution in [3.8, 4) is 0 Å². The fraction of sp³-hybridized carbons (Fsp3) is 0.625. The number of hydrogen-bond acceptors (Lipinski definition) is 2. The van der Waals surface area contributed by atoms with Crippen molar-refractivity contribution >= 4 is 13.1 Å². The fourth-order valence-corrected chi connectivity index (χ4v) is 1.17. The number of ether oxygens (including phenoxy) is 1. The average Bonchev–Trinajstić information content (AvgIpc) is 2.48. The largest absolute Gasteiger partial charge is 0.673 e. The van der Waals surface area contributed by atoms with Gasteiger partial charge in [-0.3, -0.25) is 4.90 Å². The number of aliphatic imine (C=N–C) groups is 1. The fourth-order valence-electron chi connectivity index (χ4n) is 1.17. The molecule has 0 fully saturated rings. The number of nitrogens with one attached hydrogen (secondary N) is 1. The molecular formula is C8H15BF4N2O. The summed E-state index contributed by atoms with van der Waals surface area (Å²) in [6, 6.07) is 0. The molecule has 0 radical (unpaired) electrons. The maximum atomic E-state index is 9.75. The van der Waals surface area contributed by atoms with Crippen LogP contribution in [0, 0.1) is 0 Å². The van der Waals surface area contributed by atoms with Gasteiger partial charge in [-0.05, 0) is 13.8 Å². The molecule has 0 bridgehead atoms. The lowest BCUT2D eigenvalue weighted by molar-refractivity contribution is -0.721. The highest BCUT2D eigenvalue weighted by Crippen LogP contribution is 2.06. The monoisotopic (exact) mass is 242 g/mol. The zero-order chi connectivity index (χ0) is 12.8. The maximum absolute atomic E-state index is 9.75. The molecule has 0 saturated carbocycles. The van der Waals surface area contributed by atoms with Crippen molar-refractivity contribution in [1.82, 2.24) is 0 Å². The van der Waals surface area contributed by atoms with Gasteiger partial charge in [0.15, 0.2) is 0 Å². The molecule has 2 atom stereocenters. The SMILES string of the molecule is CCOC(C)C1=NC=C[NH+]1C.F[B-](F)(F)F. The van der Waals surface area contributed by atoms with Gasteiger partial charge in [-0.15, -0.1) is 0 Å². The lowest BCUT2D eigenvalue weighted by atomic mass is 10.3. The van der Waals surface area contributed by atoms with Crippen molar-refractivity contribution in [2.45, 2.75) is 20.0 Å². The van der Waals surface area contributed by atoms with Gasteiger partial charge in [-0.1, -0.05) is 0 Å². The first-order valence-corrected chi connectivity index (χ1v) is 4.82. The molecule has 0 saturated heterocycles. The summed E-state index contributed by atoms with van der Waals surface area (Å²) in [4.78, 5) is 5.42. The second-order valence-corrected chi connectivity index (χ2v) is 3.11. The van der Waals surface area contributed by atoms with E-state index in [0.29, 0.717) is 0 Å². The van der Waals surface area contributed by atoms with Crippen molar-refractivity contribution in [3.05, 3.63) is 12.4 Å². The molecule has 1 aliphatic rings. The first-order chi connectivity index (χ1) is 7.25. The molecule has 1 heterocycles. The second kappa shape index (κ2) is 6.64. The van der Waals surface area contributed by atoms with Crippen molar-refractivity contribution in [3.63, 3.8) is 0 Å². The minimum atomic E-state index is -6.00. The van der Waals surface area contributed by atoms with Crippen LogP contribution < -0.4 is 4.90 Å². The van der Waals surface area contributed by atoms with E-state index in [1.807, 2.05) is 26.2 Å². The Morgan fingerprint density at radius 1 is 1.44 bits per heavy atom. The predicted molar refractivity (Wildman–Crippen MR) is 54.7 cm³/mol. The van der Waals surface area contributed by atoms with Crippen molar-refractivity contribution < 1.29 is 26.9 Å². The average molecular weight is 242 g/mol. The molecular weight excluding hydrogens is 227 g/mol. The molecule has 0 spiro atoms. The van der Waals surface area contributed by atoms with E-state index < -0.39 is 7.25 Å². The van der Waals surface area contributed by atoms with Crippen LogP contribution in [0.4, 0.5) is 17.3 Å². The van der Waals surface area contributed by atoms with Gasteiger partial charge in [-0.25, -0.2) is 4.99 Å². The highest BCUT2D eigenvalue weighted by molar-refractivity contribution is 6.50. The van der Waals surface area contributed by atoms with Gasteiger partial charge in [0.2, 0.25) is 5.84 Å². The van der Waals surface area contributed by atoms with E-state index in [2.05, 4.69) is 12.0 Å². The Labute approximate surface area is 91.9 Å². The van der Waals surface area contributed by atoms with Gasteiger partial charge >= 0.3 is 7.25 Å². The van der Waals surface area contributed by atoms with E-state index in [-0.39, 0.29) is 6.10 Å². The molecule has 0 aromatic heterocycles. The molecule has 1 rings (SSSR count). The standard InChI is InChI=1S/C8H14N2O.BF4/c1-4-11-7(2)8-9-5-6-10(8)3;2-1(3,4)5/h5-7H,4H2,1-3H3;/q;-1/p+1. The van der Waals surface area contributed by atoms with Crippen LogP contribution >= 0.6 is 0 Å². The van der Waals surface area contributed by atoms with Crippen LogP contribution in [0.1, 0.15) is 13.8 Å². The Morgan fingerprint density at radius 3 is 2.25 bits per heavy atom. The van der Waals surface area contributed by atoms with Gasteiger partial charge in [0, 0.05) is 6.61 Å². The maximum Gasteiger partial charge on any atom is 0.673 e. The summed E-state index contributed by atoms with van der Waals surface area (Å²) in [6.07, 6.45) is 3.96. The molecule has 3 nitrogen and oxygen atoms in total. The van der Waals surface area contributed by atoms with Crippen LogP contribution in [0.5, 0.6) is 0 Å². The van der Waals surface area contributed by atoms with E-state index in [1.54, 1.807) is 0 Å². The molecule has 94 valence electrons. The van der Waals surface area contributed by atoms with E-state index in [0.717, 1.165) is 12.4 Å². The summed E-state index contributed by atoms with van der Waals surface area (Å²) >= 11 is 0. The molecule has 8 heteroatoms. The van der Waals surface area contributed by atoms with Crippen LogP contribution in [-0.4, -0.2) is 32.8 Å². The summed E-state index contributed by atoms with van der Waals surface area (Å²) in [6.45, 7) is 4.76. The normalized spacial score (nSPS) is 21.2. The van der Waals surface area contributed by atoms with Gasteiger partial charge < -0.3 is 22.0 Å². The molecule has 1 aliphatic heterocycles. The molecule has 0 aromatic carbocycles. The predicted octanol–water partition coefficient (Wildman–Crippen LogP) is 1.11. The summed E-state index contributed by atoms with van der Waals surface area (Å²) in [5.74, 6) is 1.06. The number of likely N-dealkylation sites (N-methyl/N-ethyl adjacent to an activating group) is 1. The highest BCUT2D eigenvalue weighted by atomic mass is 19.5. The topological polar surface area (TPSA) is 26.0 Å². The third-order valence-corrected chi connectivity index (χ3v) is 1.74. The second-order valence-electron chi connectivity index (χ2n) is 3.11. The number of amidine groups is 1. The highest BCUT2D eigenvalue weighted by Gasteiger charge is 2.21. The van der Waals surface area contributed by atoms with Crippen LogP contribution in [0.25, 0.3) is 0 Å². The van der Waals surface area contributed by atoms with E-state index in [9.17, 15) is 17.3 Å². The minimum Gasteiger partial charge on any atom is -0.418 e. The first-order valence-electron chi connectivity index (χ1n) is 4.82. The Balaban J connectivity index is 0.000000385. The Hall–Kier alpha value is -0.885. The van der Waals surface area contributed by atoms with E-state index in [1.165, 1.54) is 4.90 Å². The molecule has 0 aromatic rings. The summed E-state index contributed by atoms with van der Waals surface area (Å²) in [7, 11) is -3.95. The number of hydrogen-bond donors (Lipinski definition) is 1. The summed E-state index contributed by atoms with van der Waals surface area (Å²) in [5.41, 5.74) is 0. The Morgan fingerprint density at radius 2 is 1.94 bits per heavy atom. The van der Waals surface area contributed by atoms with Crippen LogP contribution in [-0.2, 0) is 4.74 Å². The quantitative estimate of drug-likeness (QED) is 0.582. The van der Waals surface area contributed by atoms with Crippen molar-refractivity contribution in [2.24, 2.45) is 4.99 Å².